The molecule has 3 aromatic rings. The summed E-state index contributed by atoms with van der Waals surface area (Å²) < 4.78 is 0. The van der Waals surface area contributed by atoms with Crippen LogP contribution in [0.5, 0.6) is 0 Å². The summed E-state index contributed by atoms with van der Waals surface area (Å²) in [5.41, 5.74) is 6.02. The van der Waals surface area contributed by atoms with Crippen LogP contribution in [-0.4, -0.2) is 22.3 Å². The smallest absolute Gasteiger partial charge is 0.272 e. The number of H-pyrrole nitrogens is 1. The Kier molecular flexibility index (Phi) is 5.16. The summed E-state index contributed by atoms with van der Waals surface area (Å²) in [7, 11) is 0. The number of hydrazone groups is 1. The zero-order valence-electron chi connectivity index (χ0n) is 13.3. The first-order valence-corrected chi connectivity index (χ1v) is 8.20. The van der Waals surface area contributed by atoms with Crippen LogP contribution < -0.4 is 5.43 Å². The number of nitrogens with one attached hydrogen (secondary N) is 2. The van der Waals surface area contributed by atoms with Crippen LogP contribution in [0.25, 0.3) is 11.3 Å². The van der Waals surface area contributed by atoms with Crippen molar-refractivity contribution in [3.8, 4) is 11.3 Å². The van der Waals surface area contributed by atoms with E-state index < -0.39 is 5.91 Å². The molecule has 0 fully saturated rings. The number of benzene rings is 2. The van der Waals surface area contributed by atoms with E-state index in [0.717, 1.165) is 11.1 Å². The third-order valence-corrected chi connectivity index (χ3v) is 4.19. The van der Waals surface area contributed by atoms with E-state index in [2.05, 4.69) is 20.7 Å². The van der Waals surface area contributed by atoms with Crippen molar-refractivity contribution >= 4 is 35.3 Å². The molecule has 0 saturated heterocycles. The minimum atomic E-state index is -0.412. The first kappa shape index (κ1) is 17.2. The minimum absolute atomic E-state index is 0.304. The molecule has 0 spiro atoms. The summed E-state index contributed by atoms with van der Waals surface area (Å²) in [6, 6.07) is 14.7. The number of hydrogen-bond acceptors (Lipinski definition) is 3. The molecule has 0 atom stereocenters. The molecule has 2 N–H and O–H groups in total. The summed E-state index contributed by atoms with van der Waals surface area (Å²) in [5, 5.41) is 11.7. The minimum Gasteiger partial charge on any atom is -0.272 e. The van der Waals surface area contributed by atoms with Gasteiger partial charge in [-0.3, -0.25) is 9.89 Å². The quantitative estimate of drug-likeness (QED) is 0.524. The lowest BCUT2D eigenvalue weighted by atomic mass is 10.1. The lowest BCUT2D eigenvalue weighted by Gasteiger charge is -2.00. The molecule has 1 aromatic heterocycles. The number of hydrogen-bond donors (Lipinski definition) is 2. The Morgan fingerprint density at radius 1 is 1.16 bits per heavy atom. The van der Waals surface area contributed by atoms with Crippen LogP contribution in [0.1, 0.15) is 21.6 Å². The molecule has 0 saturated carbocycles. The van der Waals surface area contributed by atoms with E-state index in [1.807, 2.05) is 31.2 Å². The third-order valence-electron chi connectivity index (χ3n) is 3.53. The Balaban J connectivity index is 1.70. The predicted octanol–water partition coefficient (Wildman–Crippen LogP) is 4.46. The number of halogens is 2. The van der Waals surface area contributed by atoms with Gasteiger partial charge in [0.2, 0.25) is 0 Å². The molecule has 1 heterocycles. The van der Waals surface area contributed by atoms with E-state index in [1.54, 1.807) is 24.3 Å². The zero-order valence-corrected chi connectivity index (χ0v) is 14.8. The van der Waals surface area contributed by atoms with Gasteiger partial charge < -0.3 is 0 Å². The molecule has 2 aromatic carbocycles. The van der Waals surface area contributed by atoms with Crippen molar-refractivity contribution < 1.29 is 4.79 Å². The molecule has 3 rings (SSSR count). The Labute approximate surface area is 154 Å². The molecule has 126 valence electrons. The second kappa shape index (κ2) is 7.51. The van der Waals surface area contributed by atoms with E-state index in [9.17, 15) is 4.79 Å². The van der Waals surface area contributed by atoms with Crippen LogP contribution in [0.3, 0.4) is 0 Å². The highest BCUT2D eigenvalue weighted by atomic mass is 35.5. The van der Waals surface area contributed by atoms with Crippen LogP contribution >= 0.6 is 23.2 Å². The van der Waals surface area contributed by atoms with Gasteiger partial charge in [-0.2, -0.15) is 10.2 Å². The van der Waals surface area contributed by atoms with E-state index in [1.165, 1.54) is 6.21 Å². The molecular formula is C18H14Cl2N4O. The number of amides is 1. The van der Waals surface area contributed by atoms with Gasteiger partial charge in [0.1, 0.15) is 5.69 Å². The molecule has 0 aliphatic carbocycles. The summed E-state index contributed by atoms with van der Waals surface area (Å²) in [6.45, 7) is 2.01. The van der Waals surface area contributed by atoms with Crippen LogP contribution in [0.4, 0.5) is 0 Å². The maximum atomic E-state index is 12.1. The van der Waals surface area contributed by atoms with Gasteiger partial charge >= 0.3 is 0 Å². The third kappa shape index (κ3) is 4.07. The first-order chi connectivity index (χ1) is 12.0. The van der Waals surface area contributed by atoms with Gasteiger partial charge in [0.15, 0.2) is 0 Å². The molecule has 1 amide bonds. The lowest BCUT2D eigenvalue weighted by molar-refractivity contribution is 0.0950. The van der Waals surface area contributed by atoms with E-state index in [-0.39, 0.29) is 0 Å². The maximum Gasteiger partial charge on any atom is 0.289 e. The molecule has 25 heavy (non-hydrogen) atoms. The maximum absolute atomic E-state index is 12.1. The fourth-order valence-electron chi connectivity index (χ4n) is 2.16. The van der Waals surface area contributed by atoms with Gasteiger partial charge in [0.05, 0.1) is 22.0 Å². The summed E-state index contributed by atoms with van der Waals surface area (Å²) in [6.07, 6.45) is 1.40. The Bertz CT molecular complexity index is 912. The first-order valence-electron chi connectivity index (χ1n) is 7.44. The Morgan fingerprint density at radius 3 is 2.52 bits per heavy atom. The molecule has 0 aliphatic heterocycles. The van der Waals surface area contributed by atoms with Crippen molar-refractivity contribution in [1.29, 1.82) is 0 Å². The lowest BCUT2D eigenvalue weighted by Crippen LogP contribution is -2.18. The van der Waals surface area contributed by atoms with Gasteiger partial charge in [-0.05, 0) is 25.1 Å². The fraction of sp³-hybridized carbons (Fsp3) is 0.0556. The predicted molar refractivity (Wildman–Crippen MR) is 100 cm³/mol. The van der Waals surface area contributed by atoms with Crippen LogP contribution in [-0.2, 0) is 0 Å². The largest absolute Gasteiger partial charge is 0.289 e. The second-order valence-corrected chi connectivity index (χ2v) is 6.18. The highest BCUT2D eigenvalue weighted by molar-refractivity contribution is 6.38. The monoisotopic (exact) mass is 372 g/mol. The summed E-state index contributed by atoms with van der Waals surface area (Å²) >= 11 is 12.1. The summed E-state index contributed by atoms with van der Waals surface area (Å²) in [4.78, 5) is 12.1. The van der Waals surface area contributed by atoms with E-state index in [0.29, 0.717) is 27.0 Å². The zero-order chi connectivity index (χ0) is 17.8. The normalized spacial score (nSPS) is 11.0. The molecule has 0 aliphatic rings. The summed E-state index contributed by atoms with van der Waals surface area (Å²) in [5.74, 6) is -0.412. The number of carbonyl (C=O) groups excluding carboxylic acids is 1. The van der Waals surface area contributed by atoms with E-state index >= 15 is 0 Å². The average Bonchev–Trinajstić information content (AvgIpc) is 3.08. The second-order valence-electron chi connectivity index (χ2n) is 5.37. The molecule has 0 bridgehead atoms. The molecule has 5 nitrogen and oxygen atoms in total. The van der Waals surface area contributed by atoms with Crippen LogP contribution in [0.15, 0.2) is 53.6 Å². The van der Waals surface area contributed by atoms with E-state index in [4.69, 9.17) is 23.2 Å². The van der Waals surface area contributed by atoms with Gasteiger partial charge in [-0.15, -0.1) is 0 Å². The van der Waals surface area contributed by atoms with Crippen molar-refractivity contribution in [2.24, 2.45) is 5.10 Å². The average molecular weight is 373 g/mol. The van der Waals surface area contributed by atoms with Crippen molar-refractivity contribution in [3.05, 3.63) is 75.4 Å². The SMILES string of the molecule is Cc1ccc(-c2cc(C(=O)N/N=C\c3c(Cl)cccc3Cl)[nH]n2)cc1. The molecule has 7 heteroatoms. The van der Waals surface area contributed by atoms with Gasteiger partial charge in [-0.1, -0.05) is 59.1 Å². The van der Waals surface area contributed by atoms with Crippen LogP contribution in [0.2, 0.25) is 10.0 Å². The van der Waals surface area contributed by atoms with Crippen molar-refractivity contribution in [2.75, 3.05) is 0 Å². The number of aryl methyl sites for hydroxylation is 1. The fourth-order valence-corrected chi connectivity index (χ4v) is 2.66. The number of aromatic nitrogens is 2. The van der Waals surface area contributed by atoms with Gasteiger partial charge in [0.25, 0.3) is 5.91 Å². The number of aromatic amines is 1. The molecular weight excluding hydrogens is 359 g/mol. The molecule has 0 radical (unpaired) electrons. The highest BCUT2D eigenvalue weighted by Crippen LogP contribution is 2.22. The number of rotatable bonds is 4. The van der Waals surface area contributed by atoms with Crippen molar-refractivity contribution in [2.45, 2.75) is 6.92 Å². The standard InChI is InChI=1S/C18H14Cl2N4O/c1-11-5-7-12(8-6-11)16-9-17(23-22-16)18(25)24-21-10-13-14(19)3-2-4-15(13)20/h2-10H,1H3,(H,22,23)(H,24,25)/b21-10-. The molecule has 0 unspecified atom stereocenters. The Morgan fingerprint density at radius 2 is 1.84 bits per heavy atom. The highest BCUT2D eigenvalue weighted by Gasteiger charge is 2.10. The van der Waals surface area contributed by atoms with Crippen molar-refractivity contribution in [1.82, 2.24) is 15.6 Å². The Hall–Kier alpha value is -2.63. The number of carbonyl (C=O) groups is 1. The van der Waals surface area contributed by atoms with Crippen molar-refractivity contribution in [3.63, 3.8) is 0 Å². The van der Waals surface area contributed by atoms with Gasteiger partial charge in [-0.25, -0.2) is 5.43 Å². The number of nitrogens with zero attached hydrogens (tertiary/aromatic N) is 2. The van der Waals surface area contributed by atoms with Crippen LogP contribution in [0, 0.1) is 6.92 Å². The topological polar surface area (TPSA) is 70.1 Å². The van der Waals surface area contributed by atoms with Gasteiger partial charge in [0, 0.05) is 11.1 Å².